The molecule has 0 atom stereocenters. The molecule has 1 aliphatic heterocycles. The van der Waals surface area contributed by atoms with E-state index in [1.807, 2.05) is 24.0 Å². The molecule has 0 unspecified atom stereocenters. The van der Waals surface area contributed by atoms with E-state index in [0.717, 1.165) is 19.5 Å². The lowest BCUT2D eigenvalue weighted by atomic mass is 10.2. The zero-order chi connectivity index (χ0) is 12.1. The van der Waals surface area contributed by atoms with Crippen molar-refractivity contribution in [1.82, 2.24) is 16.2 Å². The van der Waals surface area contributed by atoms with Crippen molar-refractivity contribution in [2.24, 2.45) is 12.0 Å². The van der Waals surface area contributed by atoms with E-state index >= 15 is 0 Å². The Bertz CT molecular complexity index is 426. The number of aryl methyl sites for hydroxylation is 1. The lowest BCUT2D eigenvalue weighted by Gasteiger charge is -2.16. The maximum Gasteiger partial charge on any atom is 0.270 e. The molecule has 6 heteroatoms. The van der Waals surface area contributed by atoms with Gasteiger partial charge in [0.25, 0.3) is 5.91 Å². The van der Waals surface area contributed by atoms with Gasteiger partial charge in [-0.25, -0.2) is 4.57 Å². The molecular formula is C11H16N5O+. The minimum Gasteiger partial charge on any atom is -0.355 e. The molecule has 2 heterocycles. The van der Waals surface area contributed by atoms with Gasteiger partial charge in [0.15, 0.2) is 12.4 Å². The SMILES string of the molecule is C[n+]1ccc(C(=O)NNC2=NCCCN2)cc1. The quantitative estimate of drug-likeness (QED) is 0.435. The molecule has 0 saturated heterocycles. The highest BCUT2D eigenvalue weighted by Crippen LogP contribution is 1.93. The molecule has 0 aromatic carbocycles. The monoisotopic (exact) mass is 234 g/mol. The van der Waals surface area contributed by atoms with Crippen LogP contribution in [0.1, 0.15) is 16.8 Å². The van der Waals surface area contributed by atoms with Gasteiger partial charge < -0.3 is 5.32 Å². The molecular weight excluding hydrogens is 218 g/mol. The summed E-state index contributed by atoms with van der Waals surface area (Å²) >= 11 is 0. The summed E-state index contributed by atoms with van der Waals surface area (Å²) < 4.78 is 1.87. The number of pyridine rings is 1. The second-order valence-electron chi connectivity index (χ2n) is 3.84. The van der Waals surface area contributed by atoms with E-state index in [9.17, 15) is 4.79 Å². The van der Waals surface area contributed by atoms with Gasteiger partial charge in [-0.1, -0.05) is 0 Å². The van der Waals surface area contributed by atoms with Gasteiger partial charge >= 0.3 is 0 Å². The number of carbonyl (C=O) groups is 1. The van der Waals surface area contributed by atoms with Crippen LogP contribution in [0.25, 0.3) is 0 Å². The molecule has 0 saturated carbocycles. The summed E-state index contributed by atoms with van der Waals surface area (Å²) in [6.07, 6.45) is 4.67. The van der Waals surface area contributed by atoms with Gasteiger partial charge in [0, 0.05) is 25.2 Å². The maximum atomic E-state index is 11.7. The fourth-order valence-electron chi connectivity index (χ4n) is 1.46. The minimum atomic E-state index is -0.180. The van der Waals surface area contributed by atoms with Crippen molar-refractivity contribution in [3.05, 3.63) is 30.1 Å². The van der Waals surface area contributed by atoms with Crippen LogP contribution in [0.15, 0.2) is 29.5 Å². The van der Waals surface area contributed by atoms with Crippen LogP contribution in [0, 0.1) is 0 Å². The van der Waals surface area contributed by atoms with Gasteiger partial charge in [0.1, 0.15) is 7.05 Å². The highest BCUT2D eigenvalue weighted by Gasteiger charge is 2.08. The number of aromatic nitrogens is 1. The van der Waals surface area contributed by atoms with Gasteiger partial charge in [0.2, 0.25) is 5.96 Å². The van der Waals surface area contributed by atoms with E-state index in [1.54, 1.807) is 12.1 Å². The van der Waals surface area contributed by atoms with Crippen LogP contribution in [0.5, 0.6) is 0 Å². The third-order valence-corrected chi connectivity index (χ3v) is 2.43. The Morgan fingerprint density at radius 1 is 1.47 bits per heavy atom. The maximum absolute atomic E-state index is 11.7. The largest absolute Gasteiger partial charge is 0.355 e. The van der Waals surface area contributed by atoms with Crippen LogP contribution < -0.4 is 20.7 Å². The van der Waals surface area contributed by atoms with Crippen molar-refractivity contribution >= 4 is 11.9 Å². The van der Waals surface area contributed by atoms with Crippen molar-refractivity contribution < 1.29 is 9.36 Å². The normalized spacial score (nSPS) is 14.5. The van der Waals surface area contributed by atoms with E-state index in [1.165, 1.54) is 0 Å². The van der Waals surface area contributed by atoms with Crippen LogP contribution in [-0.4, -0.2) is 25.0 Å². The molecule has 1 amide bonds. The molecule has 90 valence electrons. The van der Waals surface area contributed by atoms with Crippen molar-refractivity contribution in [2.75, 3.05) is 13.1 Å². The first-order valence-corrected chi connectivity index (χ1v) is 5.56. The lowest BCUT2D eigenvalue weighted by Crippen LogP contribution is -2.49. The Labute approximate surface area is 99.7 Å². The molecule has 3 N–H and O–H groups in total. The van der Waals surface area contributed by atoms with Crippen molar-refractivity contribution in [1.29, 1.82) is 0 Å². The predicted molar refractivity (Wildman–Crippen MR) is 63.1 cm³/mol. The highest BCUT2D eigenvalue weighted by atomic mass is 16.2. The first-order chi connectivity index (χ1) is 8.25. The summed E-state index contributed by atoms with van der Waals surface area (Å²) in [5.74, 6) is 0.437. The van der Waals surface area contributed by atoms with Crippen molar-refractivity contribution in [3.8, 4) is 0 Å². The molecule has 1 aromatic heterocycles. The summed E-state index contributed by atoms with van der Waals surface area (Å²) in [6.45, 7) is 1.66. The highest BCUT2D eigenvalue weighted by molar-refractivity contribution is 5.95. The number of hydrogen-bond donors (Lipinski definition) is 3. The van der Waals surface area contributed by atoms with Crippen LogP contribution >= 0.6 is 0 Å². The number of aliphatic imine (C=N–C) groups is 1. The molecule has 0 fully saturated rings. The summed E-state index contributed by atoms with van der Waals surface area (Å²) in [5, 5.41) is 3.06. The Balaban J connectivity index is 1.88. The zero-order valence-corrected chi connectivity index (χ0v) is 9.73. The molecule has 0 aliphatic carbocycles. The smallest absolute Gasteiger partial charge is 0.270 e. The lowest BCUT2D eigenvalue weighted by molar-refractivity contribution is -0.671. The van der Waals surface area contributed by atoms with Gasteiger partial charge in [-0.2, -0.15) is 0 Å². The van der Waals surface area contributed by atoms with E-state index in [4.69, 9.17) is 0 Å². The van der Waals surface area contributed by atoms with E-state index in [0.29, 0.717) is 11.5 Å². The predicted octanol–water partition coefficient (Wildman–Crippen LogP) is -0.905. The number of nitrogens with zero attached hydrogens (tertiary/aromatic N) is 2. The third kappa shape index (κ3) is 3.17. The number of hydrazine groups is 1. The second kappa shape index (κ2) is 5.29. The summed E-state index contributed by atoms with van der Waals surface area (Å²) in [5.41, 5.74) is 5.97. The van der Waals surface area contributed by atoms with E-state index in [2.05, 4.69) is 21.2 Å². The second-order valence-corrected chi connectivity index (χ2v) is 3.84. The Kier molecular flexibility index (Phi) is 3.54. The minimum absolute atomic E-state index is 0.180. The standard InChI is InChI=1S/C11H15N5O/c1-16-7-3-9(4-8-16)10(17)14-15-11-12-5-2-6-13-11/h3-4,7-8H,2,5-6H2,1H3,(H2,12,13,17)/p+1. The van der Waals surface area contributed by atoms with Gasteiger partial charge in [0.05, 0.1) is 5.56 Å². The number of rotatable bonds is 1. The van der Waals surface area contributed by atoms with Gasteiger partial charge in [-0.15, -0.1) is 0 Å². The van der Waals surface area contributed by atoms with Gasteiger partial charge in [-0.3, -0.25) is 20.6 Å². The number of amides is 1. The number of carbonyl (C=O) groups excluding carboxylic acids is 1. The third-order valence-electron chi connectivity index (χ3n) is 2.43. The average Bonchev–Trinajstić information content (AvgIpc) is 2.38. The molecule has 6 nitrogen and oxygen atoms in total. The van der Waals surface area contributed by atoms with Crippen LogP contribution in [0.2, 0.25) is 0 Å². The Morgan fingerprint density at radius 2 is 2.24 bits per heavy atom. The van der Waals surface area contributed by atoms with Crippen LogP contribution in [-0.2, 0) is 7.05 Å². The van der Waals surface area contributed by atoms with Crippen molar-refractivity contribution in [3.63, 3.8) is 0 Å². The first-order valence-electron chi connectivity index (χ1n) is 5.56. The molecule has 1 aromatic rings. The molecule has 1 aliphatic rings. The fourth-order valence-corrected chi connectivity index (χ4v) is 1.46. The van der Waals surface area contributed by atoms with E-state index < -0.39 is 0 Å². The van der Waals surface area contributed by atoms with Crippen molar-refractivity contribution in [2.45, 2.75) is 6.42 Å². The number of guanidine groups is 1. The fraction of sp³-hybridized carbons (Fsp3) is 0.364. The van der Waals surface area contributed by atoms with Crippen LogP contribution in [0.3, 0.4) is 0 Å². The summed E-state index contributed by atoms with van der Waals surface area (Å²) in [7, 11) is 1.90. The van der Waals surface area contributed by atoms with E-state index in [-0.39, 0.29) is 5.91 Å². The summed E-state index contributed by atoms with van der Waals surface area (Å²) in [6, 6.07) is 3.51. The molecule has 0 radical (unpaired) electrons. The zero-order valence-electron chi connectivity index (χ0n) is 9.73. The molecule has 0 bridgehead atoms. The van der Waals surface area contributed by atoms with Crippen LogP contribution in [0.4, 0.5) is 0 Å². The topological polar surface area (TPSA) is 69.4 Å². The Hall–Kier alpha value is -2.11. The molecule has 0 spiro atoms. The first kappa shape index (κ1) is 11.4. The van der Waals surface area contributed by atoms with Gasteiger partial charge in [-0.05, 0) is 6.42 Å². The molecule has 2 rings (SSSR count). The number of nitrogens with one attached hydrogen (secondary N) is 3. The molecule has 17 heavy (non-hydrogen) atoms. The average molecular weight is 234 g/mol. The Morgan fingerprint density at radius 3 is 2.88 bits per heavy atom. The number of hydrogen-bond acceptors (Lipinski definition) is 4. The summed E-state index contributed by atoms with van der Waals surface area (Å²) in [4.78, 5) is 15.9.